The number of amides is 1. The van der Waals surface area contributed by atoms with Crippen molar-refractivity contribution < 1.29 is 19.7 Å². The molecule has 0 saturated heterocycles. The molecule has 104 valence electrons. The van der Waals surface area contributed by atoms with Gasteiger partial charge in [0.25, 0.3) is 5.91 Å². The number of anilines is 1. The van der Waals surface area contributed by atoms with Gasteiger partial charge in [-0.15, -0.1) is 0 Å². The zero-order valence-electron chi connectivity index (χ0n) is 11.0. The predicted octanol–water partition coefficient (Wildman–Crippen LogP) is 2.75. The number of benzene rings is 2. The lowest BCUT2D eigenvalue weighted by atomic mass is 10.1. The molecular weight excluding hydrogens is 258 g/mol. The average Bonchev–Trinajstić information content (AvgIpc) is 2.44. The molecule has 5 nitrogen and oxygen atoms in total. The molecule has 0 saturated carbocycles. The number of ether oxygens (including phenoxy) is 1. The van der Waals surface area contributed by atoms with E-state index in [4.69, 9.17) is 4.74 Å². The van der Waals surface area contributed by atoms with E-state index in [9.17, 15) is 15.0 Å². The lowest BCUT2D eigenvalue weighted by molar-refractivity contribution is 0.102. The fourth-order valence-electron chi connectivity index (χ4n) is 1.76. The van der Waals surface area contributed by atoms with E-state index in [2.05, 4.69) is 5.32 Å². The summed E-state index contributed by atoms with van der Waals surface area (Å²) < 4.78 is 5.40. The Morgan fingerprint density at radius 2 is 1.90 bits per heavy atom. The molecule has 0 radical (unpaired) electrons. The summed E-state index contributed by atoms with van der Waals surface area (Å²) in [6.45, 7) is 2.32. The number of aromatic hydroxyl groups is 2. The highest BCUT2D eigenvalue weighted by atomic mass is 16.5. The Labute approximate surface area is 116 Å². The maximum atomic E-state index is 12.1. The Kier molecular flexibility index (Phi) is 4.10. The van der Waals surface area contributed by atoms with Gasteiger partial charge in [-0.25, -0.2) is 0 Å². The van der Waals surface area contributed by atoms with E-state index in [-0.39, 0.29) is 11.3 Å². The highest BCUT2D eigenvalue weighted by Gasteiger charge is 2.15. The number of phenolic OH excluding ortho intramolecular Hbond substituents is 2. The molecule has 2 rings (SSSR count). The van der Waals surface area contributed by atoms with E-state index >= 15 is 0 Å². The molecule has 0 spiro atoms. The number of nitrogens with one attached hydrogen (secondary N) is 1. The van der Waals surface area contributed by atoms with E-state index in [0.717, 1.165) is 0 Å². The third kappa shape index (κ3) is 2.83. The first-order chi connectivity index (χ1) is 9.63. The maximum Gasteiger partial charge on any atom is 0.259 e. The van der Waals surface area contributed by atoms with Crippen LogP contribution in [0.4, 0.5) is 5.69 Å². The maximum absolute atomic E-state index is 12.1. The van der Waals surface area contributed by atoms with Crippen LogP contribution < -0.4 is 10.1 Å². The van der Waals surface area contributed by atoms with Crippen molar-refractivity contribution in [3.8, 4) is 17.2 Å². The number of phenols is 2. The minimum Gasteiger partial charge on any atom is -0.504 e. The van der Waals surface area contributed by atoms with Crippen LogP contribution in [0, 0.1) is 0 Å². The monoisotopic (exact) mass is 273 g/mol. The molecule has 20 heavy (non-hydrogen) atoms. The molecule has 2 aromatic rings. The van der Waals surface area contributed by atoms with Gasteiger partial charge < -0.3 is 20.3 Å². The van der Waals surface area contributed by atoms with Crippen LogP contribution in [-0.2, 0) is 0 Å². The third-order valence-electron chi connectivity index (χ3n) is 2.69. The first-order valence-corrected chi connectivity index (χ1v) is 6.17. The van der Waals surface area contributed by atoms with Crippen molar-refractivity contribution >= 4 is 11.6 Å². The summed E-state index contributed by atoms with van der Waals surface area (Å²) in [5.74, 6) is -0.761. The van der Waals surface area contributed by atoms with Gasteiger partial charge in [0.2, 0.25) is 0 Å². The van der Waals surface area contributed by atoms with Crippen molar-refractivity contribution in [2.75, 3.05) is 11.9 Å². The van der Waals surface area contributed by atoms with Gasteiger partial charge in [-0.05, 0) is 31.2 Å². The molecule has 5 heteroatoms. The molecular formula is C15H15NO4. The number of carbonyl (C=O) groups excluding carboxylic acids is 1. The van der Waals surface area contributed by atoms with Crippen molar-refractivity contribution in [3.63, 3.8) is 0 Å². The molecule has 0 atom stereocenters. The van der Waals surface area contributed by atoms with E-state index in [0.29, 0.717) is 18.0 Å². The fourth-order valence-corrected chi connectivity index (χ4v) is 1.76. The van der Waals surface area contributed by atoms with Crippen LogP contribution in [0.15, 0.2) is 42.5 Å². The van der Waals surface area contributed by atoms with Crippen LogP contribution >= 0.6 is 0 Å². The standard InChI is InChI=1S/C15H15NO4/c1-2-20-13-9-4-3-7-11(13)16-15(19)10-6-5-8-12(17)14(10)18/h3-9,17-18H,2H2,1H3,(H,16,19). The molecule has 0 bridgehead atoms. The number of hydrogen-bond donors (Lipinski definition) is 3. The molecule has 0 fully saturated rings. The van der Waals surface area contributed by atoms with Gasteiger partial charge in [-0.1, -0.05) is 18.2 Å². The minimum atomic E-state index is -0.523. The molecule has 0 unspecified atom stereocenters. The molecule has 0 aliphatic heterocycles. The molecule has 0 aliphatic carbocycles. The SMILES string of the molecule is CCOc1ccccc1NC(=O)c1cccc(O)c1O. The van der Waals surface area contributed by atoms with Gasteiger partial charge in [0.05, 0.1) is 17.9 Å². The van der Waals surface area contributed by atoms with Gasteiger partial charge in [0.1, 0.15) is 5.75 Å². The summed E-state index contributed by atoms with van der Waals surface area (Å²) in [7, 11) is 0. The van der Waals surface area contributed by atoms with Crippen molar-refractivity contribution in [1.29, 1.82) is 0 Å². The van der Waals surface area contributed by atoms with E-state index < -0.39 is 11.7 Å². The Hall–Kier alpha value is -2.69. The summed E-state index contributed by atoms with van der Waals surface area (Å²) in [6.07, 6.45) is 0. The summed E-state index contributed by atoms with van der Waals surface area (Å²) in [5.41, 5.74) is 0.499. The Morgan fingerprint density at radius 1 is 1.15 bits per heavy atom. The van der Waals surface area contributed by atoms with Gasteiger partial charge >= 0.3 is 0 Å². The highest BCUT2D eigenvalue weighted by molar-refractivity contribution is 6.07. The number of hydrogen-bond acceptors (Lipinski definition) is 4. The summed E-state index contributed by atoms with van der Waals surface area (Å²) >= 11 is 0. The third-order valence-corrected chi connectivity index (χ3v) is 2.69. The predicted molar refractivity (Wildman–Crippen MR) is 75.3 cm³/mol. The van der Waals surface area contributed by atoms with Crippen LogP contribution in [0.3, 0.4) is 0 Å². The lowest BCUT2D eigenvalue weighted by Crippen LogP contribution is -2.13. The second-order valence-corrected chi connectivity index (χ2v) is 4.06. The molecule has 1 amide bonds. The normalized spacial score (nSPS) is 10.1. The number of carbonyl (C=O) groups is 1. The topological polar surface area (TPSA) is 78.8 Å². The molecule has 0 heterocycles. The Bertz CT molecular complexity index is 625. The van der Waals surface area contributed by atoms with E-state index in [1.165, 1.54) is 18.2 Å². The smallest absolute Gasteiger partial charge is 0.259 e. The number of rotatable bonds is 4. The Balaban J connectivity index is 2.26. The van der Waals surface area contributed by atoms with E-state index in [1.54, 1.807) is 24.3 Å². The summed E-state index contributed by atoms with van der Waals surface area (Å²) in [6, 6.07) is 11.2. The van der Waals surface area contributed by atoms with E-state index in [1.807, 2.05) is 6.92 Å². The molecule has 2 aromatic carbocycles. The highest BCUT2D eigenvalue weighted by Crippen LogP contribution is 2.30. The quantitative estimate of drug-likeness (QED) is 0.748. The van der Waals surface area contributed by atoms with Gasteiger partial charge in [-0.2, -0.15) is 0 Å². The summed E-state index contributed by atoms with van der Waals surface area (Å²) in [5, 5.41) is 21.7. The Morgan fingerprint density at radius 3 is 2.65 bits per heavy atom. The van der Waals surface area contributed by atoms with Crippen molar-refractivity contribution in [2.45, 2.75) is 6.92 Å². The van der Waals surface area contributed by atoms with Crippen molar-refractivity contribution in [3.05, 3.63) is 48.0 Å². The lowest BCUT2D eigenvalue weighted by Gasteiger charge is -2.12. The summed E-state index contributed by atoms with van der Waals surface area (Å²) in [4.78, 5) is 12.1. The van der Waals surface area contributed by atoms with Crippen molar-refractivity contribution in [1.82, 2.24) is 0 Å². The largest absolute Gasteiger partial charge is 0.504 e. The minimum absolute atomic E-state index is 0.00342. The van der Waals surface area contributed by atoms with Gasteiger partial charge in [0, 0.05) is 0 Å². The van der Waals surface area contributed by atoms with Crippen LogP contribution in [-0.4, -0.2) is 22.7 Å². The van der Waals surface area contributed by atoms with Crippen LogP contribution in [0.1, 0.15) is 17.3 Å². The van der Waals surface area contributed by atoms with Crippen LogP contribution in [0.2, 0.25) is 0 Å². The zero-order valence-corrected chi connectivity index (χ0v) is 11.0. The van der Waals surface area contributed by atoms with Crippen LogP contribution in [0.5, 0.6) is 17.2 Å². The zero-order chi connectivity index (χ0) is 14.5. The first kappa shape index (κ1) is 13.7. The molecule has 3 N–H and O–H groups in total. The second kappa shape index (κ2) is 5.97. The first-order valence-electron chi connectivity index (χ1n) is 6.17. The van der Waals surface area contributed by atoms with Crippen molar-refractivity contribution in [2.24, 2.45) is 0 Å². The van der Waals surface area contributed by atoms with Gasteiger partial charge in [-0.3, -0.25) is 4.79 Å². The molecule has 0 aromatic heterocycles. The van der Waals surface area contributed by atoms with Crippen LogP contribution in [0.25, 0.3) is 0 Å². The fraction of sp³-hybridized carbons (Fsp3) is 0.133. The molecule has 0 aliphatic rings. The average molecular weight is 273 g/mol. The number of para-hydroxylation sites is 3. The van der Waals surface area contributed by atoms with Gasteiger partial charge in [0.15, 0.2) is 11.5 Å². The second-order valence-electron chi connectivity index (χ2n) is 4.06.